The molecule has 0 fully saturated rings. The van der Waals surface area contributed by atoms with Gasteiger partial charge >= 0.3 is 0 Å². The van der Waals surface area contributed by atoms with Gasteiger partial charge in [-0.25, -0.2) is 0 Å². The van der Waals surface area contributed by atoms with E-state index < -0.39 is 11.2 Å². The molecule has 11 heteroatoms. The molecule has 0 unspecified atom stereocenters. The minimum absolute atomic E-state index is 0.0718. The maximum atomic E-state index is 11.4. The van der Waals surface area contributed by atoms with Crippen molar-refractivity contribution in [3.8, 4) is 0 Å². The van der Waals surface area contributed by atoms with Gasteiger partial charge in [-0.2, -0.15) is 0 Å². The molecular weight excluding hydrogens is 426 g/mol. The maximum absolute atomic E-state index is 11.4. The smallest absolute Gasteiger partial charge is 0.277 e. The van der Waals surface area contributed by atoms with E-state index in [0.717, 1.165) is 0 Å². The summed E-state index contributed by atoms with van der Waals surface area (Å²) in [5.74, 6) is 0. The quantitative estimate of drug-likeness (QED) is 0.110. The summed E-state index contributed by atoms with van der Waals surface area (Å²) in [5.41, 5.74) is 0.265. The second kappa shape index (κ2) is 19.9. The largest absolute Gasteiger partial charge is 0.382 e. The molecule has 0 radical (unpaired) electrons. The number of nitrogens with zero attached hydrogens (tertiary/aromatic N) is 1. The summed E-state index contributed by atoms with van der Waals surface area (Å²) in [5, 5.41) is 11.4. The van der Waals surface area contributed by atoms with Gasteiger partial charge in [0.1, 0.15) is 0 Å². The molecule has 0 aromatic heterocycles. The van der Waals surface area contributed by atoms with Crippen molar-refractivity contribution in [2.45, 2.75) is 6.29 Å². The molecule has 32 heavy (non-hydrogen) atoms. The zero-order valence-corrected chi connectivity index (χ0v) is 18.9. The van der Waals surface area contributed by atoms with E-state index in [-0.39, 0.29) is 18.9 Å². The van der Waals surface area contributed by atoms with Gasteiger partial charge in [-0.05, 0) is 6.07 Å². The van der Waals surface area contributed by atoms with Crippen LogP contribution in [0.1, 0.15) is 11.9 Å². The van der Waals surface area contributed by atoms with Crippen LogP contribution in [-0.2, 0) is 37.9 Å². The van der Waals surface area contributed by atoms with Crippen molar-refractivity contribution < 1.29 is 42.8 Å². The number of para-hydroxylation sites is 1. The molecular formula is C21H35NO10. The monoisotopic (exact) mass is 461 g/mol. The Balaban J connectivity index is 2.38. The third-order valence-electron chi connectivity index (χ3n) is 3.99. The summed E-state index contributed by atoms with van der Waals surface area (Å²) in [4.78, 5) is 10.9. The van der Waals surface area contributed by atoms with E-state index in [1.807, 2.05) is 0 Å². The second-order valence-electron chi connectivity index (χ2n) is 6.32. The minimum Gasteiger partial charge on any atom is -0.382 e. The molecule has 0 aliphatic carbocycles. The molecule has 0 bridgehead atoms. The lowest BCUT2D eigenvalue weighted by atomic mass is 10.1. The third kappa shape index (κ3) is 13.7. The molecule has 0 amide bonds. The van der Waals surface area contributed by atoms with Crippen LogP contribution in [-0.4, -0.2) is 98.4 Å². The van der Waals surface area contributed by atoms with E-state index in [0.29, 0.717) is 71.6 Å². The molecule has 0 aliphatic heterocycles. The highest BCUT2D eigenvalue weighted by atomic mass is 16.7. The Morgan fingerprint density at radius 2 is 1.09 bits per heavy atom. The van der Waals surface area contributed by atoms with Gasteiger partial charge in [-0.15, -0.1) is 0 Å². The maximum Gasteiger partial charge on any atom is 0.277 e. The zero-order chi connectivity index (χ0) is 23.3. The average molecular weight is 462 g/mol. The normalized spacial score (nSPS) is 11.3. The topological polar surface area (TPSA) is 117 Å². The van der Waals surface area contributed by atoms with Crippen LogP contribution in [0.25, 0.3) is 0 Å². The van der Waals surface area contributed by atoms with Crippen LogP contribution in [0.3, 0.4) is 0 Å². The van der Waals surface area contributed by atoms with E-state index in [4.69, 9.17) is 37.9 Å². The lowest BCUT2D eigenvalue weighted by Crippen LogP contribution is -2.18. The average Bonchev–Trinajstić information content (AvgIpc) is 2.80. The molecule has 0 saturated heterocycles. The molecule has 11 nitrogen and oxygen atoms in total. The number of nitro groups is 1. The molecule has 0 N–H and O–H groups in total. The Kier molecular flexibility index (Phi) is 17.7. The predicted molar refractivity (Wildman–Crippen MR) is 115 cm³/mol. The van der Waals surface area contributed by atoms with Gasteiger partial charge in [0.25, 0.3) is 5.69 Å². The van der Waals surface area contributed by atoms with Gasteiger partial charge in [-0.3, -0.25) is 10.1 Å². The molecule has 0 heterocycles. The third-order valence-corrected chi connectivity index (χ3v) is 3.99. The van der Waals surface area contributed by atoms with E-state index in [1.54, 1.807) is 32.4 Å². The number of benzene rings is 1. The minimum atomic E-state index is -0.917. The standard InChI is InChI=1S/C21H35NO10/c1-25-7-9-27-11-13-29-15-17-31-21(19-5-3-4-6-20(19)22(23)24)32-18-16-30-14-12-28-10-8-26-2/h3-6,21H,7-18H2,1-2H3. The van der Waals surface area contributed by atoms with Crippen molar-refractivity contribution >= 4 is 5.69 Å². The number of ether oxygens (including phenoxy) is 8. The molecule has 184 valence electrons. The van der Waals surface area contributed by atoms with Crippen molar-refractivity contribution in [2.24, 2.45) is 0 Å². The van der Waals surface area contributed by atoms with Crippen molar-refractivity contribution in [1.29, 1.82) is 0 Å². The predicted octanol–water partition coefficient (Wildman–Crippen LogP) is 1.99. The Morgan fingerprint density at radius 3 is 1.53 bits per heavy atom. The van der Waals surface area contributed by atoms with Gasteiger partial charge in [0, 0.05) is 20.3 Å². The van der Waals surface area contributed by atoms with Crippen molar-refractivity contribution in [3.63, 3.8) is 0 Å². The molecule has 1 aromatic carbocycles. The highest BCUT2D eigenvalue weighted by molar-refractivity contribution is 5.40. The summed E-state index contributed by atoms with van der Waals surface area (Å²) in [6.45, 7) is 4.76. The van der Waals surface area contributed by atoms with Crippen molar-refractivity contribution in [1.82, 2.24) is 0 Å². The van der Waals surface area contributed by atoms with Crippen LogP contribution in [0.4, 0.5) is 5.69 Å². The molecule has 0 atom stereocenters. The fourth-order valence-corrected chi connectivity index (χ4v) is 2.44. The van der Waals surface area contributed by atoms with Crippen LogP contribution in [0.5, 0.6) is 0 Å². The number of hydrogen-bond donors (Lipinski definition) is 0. The lowest BCUT2D eigenvalue weighted by Gasteiger charge is -2.19. The number of hydrogen-bond acceptors (Lipinski definition) is 10. The molecule has 1 rings (SSSR count). The first-order valence-electron chi connectivity index (χ1n) is 10.5. The number of nitro benzene ring substituents is 1. The zero-order valence-electron chi connectivity index (χ0n) is 18.9. The highest BCUT2D eigenvalue weighted by Gasteiger charge is 2.23. The van der Waals surface area contributed by atoms with Crippen LogP contribution in [0.2, 0.25) is 0 Å². The Bertz CT molecular complexity index is 567. The van der Waals surface area contributed by atoms with Crippen LogP contribution in [0.15, 0.2) is 24.3 Å². The van der Waals surface area contributed by atoms with Gasteiger partial charge in [0.15, 0.2) is 6.29 Å². The van der Waals surface area contributed by atoms with Crippen LogP contribution in [0, 0.1) is 10.1 Å². The summed E-state index contributed by atoms with van der Waals surface area (Å²) < 4.78 is 42.7. The first kappa shape index (κ1) is 28.3. The van der Waals surface area contributed by atoms with E-state index in [9.17, 15) is 10.1 Å². The Hall–Kier alpha value is -1.70. The molecule has 1 aromatic rings. The Labute approximate surface area is 188 Å². The molecule has 0 aliphatic rings. The van der Waals surface area contributed by atoms with Crippen LogP contribution >= 0.6 is 0 Å². The summed E-state index contributed by atoms with van der Waals surface area (Å²) in [7, 11) is 3.22. The summed E-state index contributed by atoms with van der Waals surface area (Å²) in [6.07, 6.45) is -0.917. The van der Waals surface area contributed by atoms with Gasteiger partial charge in [0.05, 0.1) is 89.8 Å². The van der Waals surface area contributed by atoms with Crippen LogP contribution < -0.4 is 0 Å². The molecule has 0 saturated carbocycles. The molecule has 0 spiro atoms. The summed E-state index contributed by atoms with van der Waals surface area (Å²) >= 11 is 0. The number of rotatable bonds is 22. The first-order valence-corrected chi connectivity index (χ1v) is 10.5. The number of methoxy groups -OCH3 is 2. The van der Waals surface area contributed by atoms with E-state index in [2.05, 4.69) is 0 Å². The fourth-order valence-electron chi connectivity index (χ4n) is 2.44. The lowest BCUT2D eigenvalue weighted by molar-refractivity contribution is -0.387. The SMILES string of the molecule is COCCOCCOCCOC(OCCOCCOCCOC)c1ccccc1[N+](=O)[O-]. The highest BCUT2D eigenvalue weighted by Crippen LogP contribution is 2.28. The first-order chi connectivity index (χ1) is 15.7. The van der Waals surface area contributed by atoms with Crippen molar-refractivity contribution in [3.05, 3.63) is 39.9 Å². The van der Waals surface area contributed by atoms with Gasteiger partial charge < -0.3 is 37.9 Å². The van der Waals surface area contributed by atoms with Gasteiger partial charge in [0.2, 0.25) is 0 Å². The fraction of sp³-hybridized carbons (Fsp3) is 0.714. The van der Waals surface area contributed by atoms with E-state index >= 15 is 0 Å². The summed E-state index contributed by atoms with van der Waals surface area (Å²) in [6, 6.07) is 6.32. The second-order valence-corrected chi connectivity index (χ2v) is 6.32. The van der Waals surface area contributed by atoms with Gasteiger partial charge in [-0.1, -0.05) is 12.1 Å². The Morgan fingerprint density at radius 1 is 0.688 bits per heavy atom. The van der Waals surface area contributed by atoms with E-state index in [1.165, 1.54) is 6.07 Å². The van der Waals surface area contributed by atoms with Crippen molar-refractivity contribution in [2.75, 3.05) is 93.5 Å².